The van der Waals surface area contributed by atoms with E-state index in [0.29, 0.717) is 5.92 Å². The molecule has 3 heteroatoms. The van der Waals surface area contributed by atoms with Gasteiger partial charge in [-0.2, -0.15) is 0 Å². The van der Waals surface area contributed by atoms with Crippen LogP contribution in [-0.4, -0.2) is 11.9 Å². The van der Waals surface area contributed by atoms with Gasteiger partial charge >= 0.3 is 0 Å². The van der Waals surface area contributed by atoms with Crippen LogP contribution in [0.5, 0.6) is 0 Å². The molecular formula is C4H11BrClN. The van der Waals surface area contributed by atoms with E-state index in [4.69, 9.17) is 5.73 Å². The van der Waals surface area contributed by atoms with E-state index < -0.39 is 0 Å². The van der Waals surface area contributed by atoms with Crippen LogP contribution < -0.4 is 5.73 Å². The average Bonchev–Trinajstić information content (AvgIpc) is 1.65. The summed E-state index contributed by atoms with van der Waals surface area (Å²) in [5.41, 5.74) is 5.25. The number of hydrogen-bond donors (Lipinski definition) is 1. The highest BCUT2D eigenvalue weighted by Gasteiger charge is 1.90. The third-order valence-corrected chi connectivity index (χ3v) is 1.77. The minimum Gasteiger partial charge on any atom is -0.330 e. The van der Waals surface area contributed by atoms with Crippen molar-refractivity contribution in [1.82, 2.24) is 0 Å². The van der Waals surface area contributed by atoms with Crippen LogP contribution in [0.15, 0.2) is 0 Å². The average molecular weight is 188 g/mol. The van der Waals surface area contributed by atoms with Gasteiger partial charge in [0.05, 0.1) is 0 Å². The van der Waals surface area contributed by atoms with Crippen LogP contribution in [0.1, 0.15) is 6.92 Å². The van der Waals surface area contributed by atoms with Crippen molar-refractivity contribution in [1.29, 1.82) is 0 Å². The van der Waals surface area contributed by atoms with Crippen molar-refractivity contribution >= 4 is 28.3 Å². The molecule has 0 aliphatic carbocycles. The fourth-order valence-electron chi connectivity index (χ4n) is 0.0630. The summed E-state index contributed by atoms with van der Waals surface area (Å²) in [6, 6.07) is 0. The normalized spacial score (nSPS) is 12.4. The van der Waals surface area contributed by atoms with E-state index in [1.54, 1.807) is 0 Å². The van der Waals surface area contributed by atoms with E-state index in [-0.39, 0.29) is 12.4 Å². The van der Waals surface area contributed by atoms with Crippen LogP contribution in [0.2, 0.25) is 0 Å². The number of rotatable bonds is 2. The molecule has 0 saturated heterocycles. The summed E-state index contributed by atoms with van der Waals surface area (Å²) in [4.78, 5) is 0. The Hall–Kier alpha value is 0.730. The predicted octanol–water partition coefficient (Wildman–Crippen LogP) is 1.40. The van der Waals surface area contributed by atoms with Crippen LogP contribution in [-0.2, 0) is 0 Å². The molecule has 0 aromatic heterocycles. The molecule has 0 aliphatic rings. The predicted molar refractivity (Wildman–Crippen MR) is 39.3 cm³/mol. The summed E-state index contributed by atoms with van der Waals surface area (Å²) in [6.07, 6.45) is 0. The lowest BCUT2D eigenvalue weighted by Crippen LogP contribution is -2.10. The first-order valence-electron chi connectivity index (χ1n) is 2.07. The van der Waals surface area contributed by atoms with E-state index >= 15 is 0 Å². The molecule has 0 rings (SSSR count). The number of hydrogen-bond acceptors (Lipinski definition) is 1. The third-order valence-electron chi connectivity index (χ3n) is 0.666. The fourth-order valence-corrected chi connectivity index (χ4v) is 0.327. The number of nitrogens with two attached hydrogens (primary N) is 1. The van der Waals surface area contributed by atoms with Gasteiger partial charge in [0.15, 0.2) is 0 Å². The highest BCUT2D eigenvalue weighted by molar-refractivity contribution is 9.09. The fraction of sp³-hybridized carbons (Fsp3) is 1.00. The summed E-state index contributed by atoms with van der Waals surface area (Å²) in [5.74, 6) is 0.630. The lowest BCUT2D eigenvalue weighted by Gasteiger charge is -1.97. The number of halogens is 2. The Bertz CT molecular complexity index is 30.9. The molecule has 0 bridgehead atoms. The molecule has 0 radical (unpaired) electrons. The van der Waals surface area contributed by atoms with Crippen LogP contribution in [0, 0.1) is 5.92 Å². The Balaban J connectivity index is 0. The van der Waals surface area contributed by atoms with Gasteiger partial charge in [0.1, 0.15) is 0 Å². The maximum absolute atomic E-state index is 5.25. The van der Waals surface area contributed by atoms with Crippen LogP contribution in [0.4, 0.5) is 0 Å². The quantitative estimate of drug-likeness (QED) is 0.652. The van der Waals surface area contributed by atoms with Gasteiger partial charge in [-0.1, -0.05) is 22.9 Å². The van der Waals surface area contributed by atoms with Gasteiger partial charge in [-0.05, 0) is 12.5 Å². The molecule has 1 atom stereocenters. The molecule has 46 valence electrons. The van der Waals surface area contributed by atoms with Crippen molar-refractivity contribution in [2.24, 2.45) is 11.7 Å². The summed E-state index contributed by atoms with van der Waals surface area (Å²) >= 11 is 3.29. The van der Waals surface area contributed by atoms with E-state index in [1.165, 1.54) is 0 Å². The lowest BCUT2D eigenvalue weighted by molar-refractivity contribution is 0.680. The van der Waals surface area contributed by atoms with Gasteiger partial charge in [-0.15, -0.1) is 12.4 Å². The second-order valence-corrected chi connectivity index (χ2v) is 2.14. The van der Waals surface area contributed by atoms with E-state index in [2.05, 4.69) is 22.9 Å². The molecule has 0 fully saturated rings. The molecule has 0 amide bonds. The smallest absolute Gasteiger partial charge is 0.00690 e. The zero-order valence-corrected chi connectivity index (χ0v) is 6.76. The van der Waals surface area contributed by atoms with Crippen molar-refractivity contribution in [2.45, 2.75) is 6.92 Å². The second-order valence-electron chi connectivity index (χ2n) is 1.50. The van der Waals surface area contributed by atoms with Gasteiger partial charge in [0.25, 0.3) is 0 Å². The standard InChI is InChI=1S/C4H10BrN.ClH/c1-4(2-5)3-6;/h4H,2-3,6H2,1H3;1H/t4-;/m0./s1. The molecular weight excluding hydrogens is 177 g/mol. The summed E-state index contributed by atoms with van der Waals surface area (Å²) in [6.45, 7) is 2.89. The molecule has 0 heterocycles. The molecule has 0 aliphatic heterocycles. The molecule has 1 nitrogen and oxygen atoms in total. The van der Waals surface area contributed by atoms with E-state index in [0.717, 1.165) is 11.9 Å². The Kier molecular flexibility index (Phi) is 10.3. The first-order chi connectivity index (χ1) is 2.81. The van der Waals surface area contributed by atoms with Crippen molar-refractivity contribution in [2.75, 3.05) is 11.9 Å². The first kappa shape index (κ1) is 10.7. The Morgan fingerprint density at radius 3 is 2.14 bits per heavy atom. The maximum atomic E-state index is 5.25. The Labute approximate surface area is 59.2 Å². The highest BCUT2D eigenvalue weighted by atomic mass is 79.9. The zero-order valence-electron chi connectivity index (χ0n) is 4.36. The van der Waals surface area contributed by atoms with Crippen LogP contribution >= 0.6 is 28.3 Å². The Morgan fingerprint density at radius 2 is 2.14 bits per heavy atom. The summed E-state index contributed by atoms with van der Waals surface area (Å²) in [5, 5.41) is 1.02. The second kappa shape index (κ2) is 6.73. The van der Waals surface area contributed by atoms with Crippen LogP contribution in [0.25, 0.3) is 0 Å². The third kappa shape index (κ3) is 6.73. The van der Waals surface area contributed by atoms with E-state index in [1.807, 2.05) is 0 Å². The van der Waals surface area contributed by atoms with Crippen molar-refractivity contribution < 1.29 is 0 Å². The molecule has 0 spiro atoms. The first-order valence-corrected chi connectivity index (χ1v) is 3.19. The zero-order chi connectivity index (χ0) is 4.99. The molecule has 0 saturated carbocycles. The monoisotopic (exact) mass is 187 g/mol. The molecule has 0 unspecified atom stereocenters. The SMILES string of the molecule is C[C@H](CN)CBr.Cl. The molecule has 0 aromatic carbocycles. The molecule has 0 aromatic rings. The van der Waals surface area contributed by atoms with Crippen LogP contribution in [0.3, 0.4) is 0 Å². The highest BCUT2D eigenvalue weighted by Crippen LogP contribution is 1.94. The molecule has 2 N–H and O–H groups in total. The van der Waals surface area contributed by atoms with Gasteiger partial charge in [-0.3, -0.25) is 0 Å². The van der Waals surface area contributed by atoms with Crippen molar-refractivity contribution in [3.8, 4) is 0 Å². The van der Waals surface area contributed by atoms with Gasteiger partial charge in [-0.25, -0.2) is 0 Å². The number of alkyl halides is 1. The lowest BCUT2D eigenvalue weighted by atomic mass is 10.2. The van der Waals surface area contributed by atoms with Gasteiger partial charge in [0, 0.05) is 5.33 Å². The van der Waals surface area contributed by atoms with Gasteiger partial charge in [0.2, 0.25) is 0 Å². The summed E-state index contributed by atoms with van der Waals surface area (Å²) in [7, 11) is 0. The maximum Gasteiger partial charge on any atom is 0.00690 e. The topological polar surface area (TPSA) is 26.0 Å². The van der Waals surface area contributed by atoms with Crippen molar-refractivity contribution in [3.63, 3.8) is 0 Å². The van der Waals surface area contributed by atoms with Gasteiger partial charge < -0.3 is 5.73 Å². The largest absolute Gasteiger partial charge is 0.330 e. The minimum absolute atomic E-state index is 0. The Morgan fingerprint density at radius 1 is 1.71 bits per heavy atom. The van der Waals surface area contributed by atoms with E-state index in [9.17, 15) is 0 Å². The summed E-state index contributed by atoms with van der Waals surface area (Å²) < 4.78 is 0. The minimum atomic E-state index is 0. The molecule has 7 heavy (non-hydrogen) atoms. The van der Waals surface area contributed by atoms with Crippen molar-refractivity contribution in [3.05, 3.63) is 0 Å².